The van der Waals surface area contributed by atoms with Crippen molar-refractivity contribution >= 4 is 29.0 Å². The summed E-state index contributed by atoms with van der Waals surface area (Å²) < 4.78 is 5.82. The van der Waals surface area contributed by atoms with Crippen LogP contribution >= 0.6 is 23.2 Å². The first-order valence-electron chi connectivity index (χ1n) is 9.80. The number of anilines is 1. The molecule has 10 heteroatoms. The quantitative estimate of drug-likeness (QED) is 0.577. The lowest BCUT2D eigenvalue weighted by Crippen LogP contribution is -2.48. The largest absolute Gasteiger partial charge is 0.439 e. The van der Waals surface area contributed by atoms with Gasteiger partial charge in [0.1, 0.15) is 24.1 Å². The number of pyridine rings is 1. The lowest BCUT2D eigenvalue weighted by atomic mass is 10.1. The third kappa shape index (κ3) is 5.23. The first-order chi connectivity index (χ1) is 15.0. The Hall–Kier alpha value is -2.49. The Morgan fingerprint density at radius 1 is 1.06 bits per heavy atom. The molecule has 0 amide bonds. The zero-order chi connectivity index (χ0) is 21.8. The van der Waals surface area contributed by atoms with Crippen molar-refractivity contribution in [3.05, 3.63) is 70.2 Å². The van der Waals surface area contributed by atoms with Gasteiger partial charge in [-0.1, -0.05) is 35.3 Å². The van der Waals surface area contributed by atoms with E-state index >= 15 is 0 Å². The molecule has 3 heterocycles. The predicted molar refractivity (Wildman–Crippen MR) is 119 cm³/mol. The molecule has 0 saturated carbocycles. The molecular formula is C21H22Cl2N6O2. The summed E-state index contributed by atoms with van der Waals surface area (Å²) in [6, 6.07) is 10.7. The first kappa shape index (κ1) is 21.7. The van der Waals surface area contributed by atoms with E-state index in [0.29, 0.717) is 65.9 Å². The number of halogens is 2. The molecule has 162 valence electrons. The van der Waals surface area contributed by atoms with Crippen LogP contribution in [0.15, 0.2) is 48.9 Å². The minimum Gasteiger partial charge on any atom is -0.439 e. The summed E-state index contributed by atoms with van der Waals surface area (Å²) in [7, 11) is 0. The Kier molecular flexibility index (Phi) is 6.84. The number of aromatic nitrogens is 3. The van der Waals surface area contributed by atoms with Gasteiger partial charge in [0.05, 0.1) is 15.7 Å². The summed E-state index contributed by atoms with van der Waals surface area (Å²) in [5, 5.41) is 11.9. The lowest BCUT2D eigenvalue weighted by molar-refractivity contribution is -0.00180. The van der Waals surface area contributed by atoms with Gasteiger partial charge in [-0.2, -0.15) is 0 Å². The molecule has 3 aromatic rings. The number of ether oxygens (including phenoxy) is 1. The molecule has 31 heavy (non-hydrogen) atoms. The summed E-state index contributed by atoms with van der Waals surface area (Å²) in [6.45, 7) is 2.98. The second-order valence-corrected chi connectivity index (χ2v) is 7.93. The fraction of sp³-hybridized carbons (Fsp3) is 0.286. The Morgan fingerprint density at radius 3 is 2.61 bits per heavy atom. The number of piperazine rings is 1. The molecule has 1 aliphatic rings. The van der Waals surface area contributed by atoms with Crippen molar-refractivity contribution in [2.45, 2.75) is 12.8 Å². The molecule has 1 saturated heterocycles. The van der Waals surface area contributed by atoms with Gasteiger partial charge in [0.2, 0.25) is 5.88 Å². The summed E-state index contributed by atoms with van der Waals surface area (Å²) in [5.41, 5.74) is 7.04. The highest BCUT2D eigenvalue weighted by atomic mass is 35.5. The molecule has 1 fully saturated rings. The van der Waals surface area contributed by atoms with Crippen molar-refractivity contribution in [2.24, 2.45) is 5.73 Å². The van der Waals surface area contributed by atoms with E-state index in [9.17, 15) is 5.11 Å². The van der Waals surface area contributed by atoms with Crippen molar-refractivity contribution in [3.63, 3.8) is 0 Å². The van der Waals surface area contributed by atoms with Gasteiger partial charge in [-0.05, 0) is 23.8 Å². The molecule has 4 rings (SSSR count). The molecule has 1 aromatic carbocycles. The van der Waals surface area contributed by atoms with Gasteiger partial charge in [-0.3, -0.25) is 4.90 Å². The van der Waals surface area contributed by atoms with E-state index in [2.05, 4.69) is 19.9 Å². The van der Waals surface area contributed by atoms with Crippen LogP contribution in [0.1, 0.15) is 17.5 Å². The van der Waals surface area contributed by atoms with Crippen LogP contribution in [-0.4, -0.2) is 51.1 Å². The third-order valence-electron chi connectivity index (χ3n) is 5.03. The highest BCUT2D eigenvalue weighted by Crippen LogP contribution is 2.29. The van der Waals surface area contributed by atoms with Crippen LogP contribution in [0.2, 0.25) is 10.0 Å². The molecule has 1 aliphatic heterocycles. The van der Waals surface area contributed by atoms with E-state index in [1.54, 1.807) is 24.4 Å². The summed E-state index contributed by atoms with van der Waals surface area (Å²) >= 11 is 12.2. The molecular weight excluding hydrogens is 439 g/mol. The van der Waals surface area contributed by atoms with E-state index in [4.69, 9.17) is 33.7 Å². The zero-order valence-corrected chi connectivity index (χ0v) is 18.2. The number of benzene rings is 1. The van der Waals surface area contributed by atoms with Crippen LogP contribution in [0.5, 0.6) is 11.6 Å². The van der Waals surface area contributed by atoms with Crippen molar-refractivity contribution in [2.75, 3.05) is 31.1 Å². The standard InChI is InChI=1S/C21H22Cl2N6O2/c22-15-9-18(23)20(25-12-15)28-4-6-29(7-5-28)21(30)14-2-1-3-17(8-14)31-19-10-16(11-24)26-13-27-19/h1-3,8-10,12-13,21,30H,4-7,11,24H2. The molecule has 1 atom stereocenters. The van der Waals surface area contributed by atoms with Crippen LogP contribution < -0.4 is 15.4 Å². The highest BCUT2D eigenvalue weighted by Gasteiger charge is 2.25. The van der Waals surface area contributed by atoms with Crippen LogP contribution in [0.4, 0.5) is 5.82 Å². The average molecular weight is 461 g/mol. The van der Waals surface area contributed by atoms with E-state index in [0.717, 1.165) is 5.56 Å². The molecule has 3 N–H and O–H groups in total. The fourth-order valence-corrected chi connectivity index (χ4v) is 3.93. The van der Waals surface area contributed by atoms with Gasteiger partial charge in [-0.15, -0.1) is 0 Å². The van der Waals surface area contributed by atoms with Crippen molar-refractivity contribution in [1.29, 1.82) is 0 Å². The van der Waals surface area contributed by atoms with E-state index in [1.165, 1.54) is 6.33 Å². The monoisotopic (exact) mass is 460 g/mol. The number of aliphatic hydroxyl groups is 1. The maximum Gasteiger partial charge on any atom is 0.222 e. The molecule has 0 radical (unpaired) electrons. The molecule has 0 spiro atoms. The number of aliphatic hydroxyl groups excluding tert-OH is 1. The Morgan fingerprint density at radius 2 is 1.87 bits per heavy atom. The minimum atomic E-state index is -0.760. The van der Waals surface area contributed by atoms with Gasteiger partial charge in [0, 0.05) is 45.0 Å². The lowest BCUT2D eigenvalue weighted by Gasteiger charge is -2.38. The van der Waals surface area contributed by atoms with Crippen LogP contribution in [0, 0.1) is 0 Å². The average Bonchev–Trinajstić information content (AvgIpc) is 2.79. The van der Waals surface area contributed by atoms with Gasteiger partial charge < -0.3 is 20.5 Å². The predicted octanol–water partition coefficient (Wildman–Crippen LogP) is 3.24. The normalized spacial score (nSPS) is 15.7. The maximum absolute atomic E-state index is 10.9. The number of hydrogen-bond acceptors (Lipinski definition) is 8. The Labute approximate surface area is 190 Å². The third-order valence-corrected chi connectivity index (χ3v) is 5.52. The number of rotatable bonds is 6. The first-order valence-corrected chi connectivity index (χ1v) is 10.6. The minimum absolute atomic E-state index is 0.306. The zero-order valence-electron chi connectivity index (χ0n) is 16.7. The topological polar surface area (TPSA) is 101 Å². The Bertz CT molecular complexity index is 1050. The smallest absolute Gasteiger partial charge is 0.222 e. The molecule has 8 nitrogen and oxygen atoms in total. The highest BCUT2D eigenvalue weighted by molar-refractivity contribution is 6.36. The van der Waals surface area contributed by atoms with Gasteiger partial charge in [0.25, 0.3) is 0 Å². The summed E-state index contributed by atoms with van der Waals surface area (Å²) in [5.74, 6) is 1.69. The molecule has 1 unspecified atom stereocenters. The van der Waals surface area contributed by atoms with Gasteiger partial charge in [0.15, 0.2) is 0 Å². The van der Waals surface area contributed by atoms with E-state index in [1.807, 2.05) is 23.1 Å². The molecule has 2 aromatic heterocycles. The molecule has 0 aliphatic carbocycles. The maximum atomic E-state index is 10.9. The van der Waals surface area contributed by atoms with E-state index in [-0.39, 0.29) is 0 Å². The number of nitrogens with zero attached hydrogens (tertiary/aromatic N) is 5. The van der Waals surface area contributed by atoms with Crippen LogP contribution in [0.25, 0.3) is 0 Å². The van der Waals surface area contributed by atoms with E-state index < -0.39 is 6.23 Å². The SMILES string of the molecule is NCc1cc(Oc2cccc(C(O)N3CCN(c4ncc(Cl)cc4Cl)CC3)c2)ncn1. The fourth-order valence-electron chi connectivity index (χ4n) is 3.43. The second-order valence-electron chi connectivity index (χ2n) is 7.08. The summed E-state index contributed by atoms with van der Waals surface area (Å²) in [4.78, 5) is 16.6. The van der Waals surface area contributed by atoms with Crippen molar-refractivity contribution in [1.82, 2.24) is 19.9 Å². The van der Waals surface area contributed by atoms with Gasteiger partial charge >= 0.3 is 0 Å². The second kappa shape index (κ2) is 9.76. The summed E-state index contributed by atoms with van der Waals surface area (Å²) in [6.07, 6.45) is 2.24. The Balaban J connectivity index is 1.41. The van der Waals surface area contributed by atoms with Crippen LogP contribution in [-0.2, 0) is 6.54 Å². The molecule has 0 bridgehead atoms. The van der Waals surface area contributed by atoms with Crippen LogP contribution in [0.3, 0.4) is 0 Å². The van der Waals surface area contributed by atoms with Gasteiger partial charge in [-0.25, -0.2) is 15.0 Å². The van der Waals surface area contributed by atoms with Crippen molar-refractivity contribution < 1.29 is 9.84 Å². The van der Waals surface area contributed by atoms with Crippen molar-refractivity contribution in [3.8, 4) is 11.6 Å². The number of nitrogens with two attached hydrogens (primary N) is 1. The number of hydrogen-bond donors (Lipinski definition) is 2.